The highest BCUT2D eigenvalue weighted by Gasteiger charge is 2.43. The Balaban J connectivity index is 1.83. The lowest BCUT2D eigenvalue weighted by atomic mass is 9.97. The summed E-state index contributed by atoms with van der Waals surface area (Å²) in [7, 11) is 0. The maximum absolute atomic E-state index is 10.0. The van der Waals surface area contributed by atoms with Crippen LogP contribution in [-0.2, 0) is 4.74 Å². The van der Waals surface area contributed by atoms with Gasteiger partial charge in [0.1, 0.15) is 35.6 Å². The van der Waals surface area contributed by atoms with Crippen LogP contribution in [-0.4, -0.2) is 74.0 Å². The Kier molecular flexibility index (Phi) is 4.74. The van der Waals surface area contributed by atoms with E-state index in [2.05, 4.69) is 9.98 Å². The highest BCUT2D eigenvalue weighted by Crippen LogP contribution is 2.23. The zero-order valence-corrected chi connectivity index (χ0v) is 12.6. The van der Waals surface area contributed by atoms with Crippen LogP contribution in [0.5, 0.6) is 5.75 Å². The van der Waals surface area contributed by atoms with E-state index in [9.17, 15) is 20.4 Å². The molecular formula is C16H18N2O6. The Morgan fingerprint density at radius 1 is 1.12 bits per heavy atom. The van der Waals surface area contributed by atoms with Crippen molar-refractivity contribution >= 4 is 17.1 Å². The van der Waals surface area contributed by atoms with E-state index in [0.717, 1.165) is 5.39 Å². The number of aromatic hydroxyl groups is 1. The number of benzene rings is 1. The molecule has 1 aromatic heterocycles. The smallest absolute Gasteiger partial charge is 0.180 e. The highest BCUT2D eigenvalue weighted by atomic mass is 16.6. The van der Waals surface area contributed by atoms with Crippen LogP contribution in [0.15, 0.2) is 35.3 Å². The van der Waals surface area contributed by atoms with Crippen LogP contribution >= 0.6 is 0 Å². The monoisotopic (exact) mass is 334 g/mol. The summed E-state index contributed by atoms with van der Waals surface area (Å²) >= 11 is 0. The highest BCUT2D eigenvalue weighted by molar-refractivity contribution is 5.88. The predicted octanol–water partition coefficient (Wildman–Crippen LogP) is -0.841. The first-order chi connectivity index (χ1) is 11.5. The van der Waals surface area contributed by atoms with Crippen molar-refractivity contribution in [3.63, 3.8) is 0 Å². The average Bonchev–Trinajstić information content (AvgIpc) is 2.58. The van der Waals surface area contributed by atoms with Gasteiger partial charge in [0.2, 0.25) is 0 Å². The zero-order chi connectivity index (χ0) is 17.3. The van der Waals surface area contributed by atoms with Gasteiger partial charge in [0.25, 0.3) is 0 Å². The SMILES string of the molecule is OCC1OC(O)[C@@H](/N=C/c2ccc3cccc(O)c3n2)C(O)[C@@H]1O. The fraction of sp³-hybridized carbons (Fsp3) is 0.375. The summed E-state index contributed by atoms with van der Waals surface area (Å²) in [5, 5.41) is 49.4. The van der Waals surface area contributed by atoms with Crippen molar-refractivity contribution in [3.8, 4) is 5.75 Å². The van der Waals surface area contributed by atoms with Crippen molar-refractivity contribution in [2.45, 2.75) is 30.6 Å². The second-order valence-electron chi connectivity index (χ2n) is 5.58. The summed E-state index contributed by atoms with van der Waals surface area (Å²) in [5.41, 5.74) is 0.810. The van der Waals surface area contributed by atoms with Gasteiger partial charge in [-0.3, -0.25) is 4.99 Å². The summed E-state index contributed by atoms with van der Waals surface area (Å²) in [6, 6.07) is 7.33. The molecule has 1 aliphatic rings. The number of hydrogen-bond donors (Lipinski definition) is 5. The number of para-hydroxylation sites is 1. The summed E-state index contributed by atoms with van der Waals surface area (Å²) in [6.45, 7) is -0.531. The molecule has 1 aromatic carbocycles. The van der Waals surface area contributed by atoms with Crippen LogP contribution in [0.25, 0.3) is 10.9 Å². The molecular weight excluding hydrogens is 316 g/mol. The molecule has 0 bridgehead atoms. The molecule has 0 spiro atoms. The summed E-state index contributed by atoms with van der Waals surface area (Å²) in [5.74, 6) is 0.0324. The van der Waals surface area contributed by atoms with Crippen molar-refractivity contribution in [1.82, 2.24) is 4.98 Å². The predicted molar refractivity (Wildman–Crippen MR) is 84.8 cm³/mol. The van der Waals surface area contributed by atoms with Gasteiger partial charge in [-0.15, -0.1) is 0 Å². The Labute approximate surface area is 137 Å². The molecule has 1 fully saturated rings. The number of pyridine rings is 1. The molecule has 0 aliphatic carbocycles. The van der Waals surface area contributed by atoms with E-state index in [0.29, 0.717) is 11.2 Å². The quantitative estimate of drug-likeness (QED) is 0.462. The minimum atomic E-state index is -1.47. The van der Waals surface area contributed by atoms with Crippen LogP contribution in [0.4, 0.5) is 0 Å². The first kappa shape index (κ1) is 16.7. The molecule has 5 N–H and O–H groups in total. The largest absolute Gasteiger partial charge is 0.506 e. The third kappa shape index (κ3) is 3.10. The first-order valence-electron chi connectivity index (χ1n) is 7.43. The van der Waals surface area contributed by atoms with Crippen LogP contribution < -0.4 is 0 Å². The van der Waals surface area contributed by atoms with Gasteiger partial charge >= 0.3 is 0 Å². The molecule has 3 unspecified atom stereocenters. The van der Waals surface area contributed by atoms with Crippen molar-refractivity contribution in [2.75, 3.05) is 6.61 Å². The maximum Gasteiger partial charge on any atom is 0.180 e. The minimum absolute atomic E-state index is 0.0324. The van der Waals surface area contributed by atoms with E-state index in [-0.39, 0.29) is 5.75 Å². The summed E-state index contributed by atoms with van der Waals surface area (Å²) < 4.78 is 5.03. The molecule has 0 radical (unpaired) electrons. The molecule has 128 valence electrons. The second-order valence-corrected chi connectivity index (χ2v) is 5.58. The van der Waals surface area contributed by atoms with Crippen molar-refractivity contribution in [2.24, 2.45) is 4.99 Å². The number of aliphatic imine (C=N–C) groups is 1. The first-order valence-corrected chi connectivity index (χ1v) is 7.43. The van der Waals surface area contributed by atoms with E-state index in [1.807, 2.05) is 0 Å². The lowest BCUT2D eigenvalue weighted by Gasteiger charge is -2.38. The lowest BCUT2D eigenvalue weighted by molar-refractivity contribution is -0.248. The molecule has 3 rings (SSSR count). The van der Waals surface area contributed by atoms with Gasteiger partial charge in [-0.05, 0) is 12.1 Å². The number of rotatable bonds is 3. The van der Waals surface area contributed by atoms with E-state index < -0.39 is 37.3 Å². The molecule has 1 aliphatic heterocycles. The maximum atomic E-state index is 10.0. The Hall–Kier alpha value is -2.10. The van der Waals surface area contributed by atoms with Crippen LogP contribution in [0.2, 0.25) is 0 Å². The zero-order valence-electron chi connectivity index (χ0n) is 12.6. The molecule has 0 amide bonds. The van der Waals surface area contributed by atoms with Gasteiger partial charge in [-0.1, -0.05) is 18.2 Å². The Morgan fingerprint density at radius 3 is 2.67 bits per heavy atom. The Bertz CT molecular complexity index is 752. The van der Waals surface area contributed by atoms with Gasteiger partial charge < -0.3 is 30.3 Å². The number of aliphatic hydroxyl groups is 4. The van der Waals surface area contributed by atoms with Crippen LogP contribution in [0.3, 0.4) is 0 Å². The molecule has 2 heterocycles. The number of hydrogen-bond acceptors (Lipinski definition) is 8. The molecule has 8 nitrogen and oxygen atoms in total. The summed E-state index contributed by atoms with van der Waals surface area (Å²) in [6.07, 6.45) is -3.98. The van der Waals surface area contributed by atoms with E-state index in [4.69, 9.17) is 9.84 Å². The van der Waals surface area contributed by atoms with E-state index in [1.54, 1.807) is 24.3 Å². The van der Waals surface area contributed by atoms with E-state index in [1.165, 1.54) is 12.3 Å². The number of nitrogens with zero attached hydrogens (tertiary/aromatic N) is 2. The number of aromatic nitrogens is 1. The van der Waals surface area contributed by atoms with Crippen molar-refractivity contribution < 1.29 is 30.3 Å². The third-order valence-electron chi connectivity index (χ3n) is 3.97. The lowest BCUT2D eigenvalue weighted by Crippen LogP contribution is -2.57. The topological polar surface area (TPSA) is 136 Å². The Morgan fingerprint density at radius 2 is 1.92 bits per heavy atom. The minimum Gasteiger partial charge on any atom is -0.506 e. The normalized spacial score (nSPS) is 30.9. The fourth-order valence-electron chi connectivity index (χ4n) is 2.62. The van der Waals surface area contributed by atoms with Gasteiger partial charge in [-0.2, -0.15) is 0 Å². The molecule has 5 atom stereocenters. The van der Waals surface area contributed by atoms with Gasteiger partial charge in [0.15, 0.2) is 6.29 Å². The molecule has 2 aromatic rings. The number of phenols is 1. The van der Waals surface area contributed by atoms with Gasteiger partial charge in [-0.25, -0.2) is 4.98 Å². The molecule has 0 saturated carbocycles. The molecule has 24 heavy (non-hydrogen) atoms. The van der Waals surface area contributed by atoms with Crippen LogP contribution in [0, 0.1) is 0 Å². The average molecular weight is 334 g/mol. The van der Waals surface area contributed by atoms with Gasteiger partial charge in [0.05, 0.1) is 12.3 Å². The van der Waals surface area contributed by atoms with Gasteiger partial charge in [0, 0.05) is 11.6 Å². The second kappa shape index (κ2) is 6.80. The fourth-order valence-corrected chi connectivity index (χ4v) is 2.62. The number of ether oxygens (including phenoxy) is 1. The third-order valence-corrected chi connectivity index (χ3v) is 3.97. The van der Waals surface area contributed by atoms with Crippen molar-refractivity contribution in [1.29, 1.82) is 0 Å². The number of phenolic OH excluding ortho intramolecular Hbond substituents is 1. The summed E-state index contributed by atoms with van der Waals surface area (Å²) in [4.78, 5) is 8.29. The molecule has 8 heteroatoms. The van der Waals surface area contributed by atoms with Crippen molar-refractivity contribution in [3.05, 3.63) is 36.0 Å². The van der Waals surface area contributed by atoms with Crippen LogP contribution in [0.1, 0.15) is 5.69 Å². The standard InChI is InChI=1S/C16H18N2O6/c19-7-11-14(21)15(22)13(16(23)24-11)17-6-9-5-4-8-2-1-3-10(20)12(8)18-9/h1-6,11,13-16,19-23H,7H2/b17-6+/t11?,13-,14+,15?,16?/m0/s1. The van der Waals surface area contributed by atoms with E-state index >= 15 is 0 Å². The number of aliphatic hydroxyl groups excluding tert-OH is 4. The molecule has 1 saturated heterocycles. The number of fused-ring (bicyclic) bond motifs is 1.